The normalized spacial score (nSPS) is 10.0. The van der Waals surface area contributed by atoms with E-state index >= 15 is 0 Å². The summed E-state index contributed by atoms with van der Waals surface area (Å²) in [6.45, 7) is 0.499. The predicted octanol–water partition coefficient (Wildman–Crippen LogP) is 2.88. The maximum Gasteiger partial charge on any atom is 0.338 e. The van der Waals surface area contributed by atoms with E-state index in [2.05, 4.69) is 5.32 Å². The summed E-state index contributed by atoms with van der Waals surface area (Å²) in [4.78, 5) is 24.3. The van der Waals surface area contributed by atoms with Crippen molar-refractivity contribution in [3.8, 4) is 0 Å². The Morgan fingerprint density at radius 2 is 1.73 bits per heavy atom. The largest absolute Gasteiger partial charge is 0.465 e. The fourth-order valence-electron chi connectivity index (χ4n) is 1.86. The van der Waals surface area contributed by atoms with Gasteiger partial charge < -0.3 is 10.1 Å². The molecule has 0 aliphatic heterocycles. The Hall–Kier alpha value is -2.27. The Balaban J connectivity index is 1.87. The van der Waals surface area contributed by atoms with Crippen molar-refractivity contribution in [1.29, 1.82) is 0 Å². The summed E-state index contributed by atoms with van der Waals surface area (Å²) in [7, 11) is 1.34. The van der Waals surface area contributed by atoms with Crippen molar-refractivity contribution in [3.63, 3.8) is 0 Å². The highest BCUT2D eigenvalue weighted by atomic mass is 32.2. The van der Waals surface area contributed by atoms with Gasteiger partial charge in [-0.05, 0) is 17.7 Å². The molecule has 0 radical (unpaired) electrons. The molecule has 0 fully saturated rings. The van der Waals surface area contributed by atoms with Crippen LogP contribution in [0.25, 0.3) is 0 Å². The monoisotopic (exact) mass is 315 g/mol. The lowest BCUT2D eigenvalue weighted by molar-refractivity contribution is -0.118. The first-order valence-electron chi connectivity index (χ1n) is 6.81. The number of esters is 1. The van der Waals surface area contributed by atoms with E-state index in [9.17, 15) is 9.59 Å². The van der Waals surface area contributed by atoms with Gasteiger partial charge in [0.1, 0.15) is 0 Å². The SMILES string of the molecule is COC(=O)c1ccccc1SCC(=O)NCc1ccccc1. The number of carbonyl (C=O) groups is 2. The van der Waals surface area contributed by atoms with Crippen molar-refractivity contribution >= 4 is 23.6 Å². The van der Waals surface area contributed by atoms with E-state index in [1.807, 2.05) is 36.4 Å². The molecule has 0 aromatic heterocycles. The van der Waals surface area contributed by atoms with Gasteiger partial charge in [0.2, 0.25) is 5.91 Å². The first-order chi connectivity index (χ1) is 10.7. The van der Waals surface area contributed by atoms with Crippen LogP contribution in [0.4, 0.5) is 0 Å². The van der Waals surface area contributed by atoms with Crippen molar-refractivity contribution < 1.29 is 14.3 Å². The summed E-state index contributed by atoms with van der Waals surface area (Å²) in [5, 5.41) is 2.86. The molecule has 5 heteroatoms. The molecule has 0 saturated carbocycles. The highest BCUT2D eigenvalue weighted by molar-refractivity contribution is 8.00. The second-order valence-corrected chi connectivity index (χ2v) is 5.56. The number of rotatable bonds is 6. The molecule has 1 amide bonds. The smallest absolute Gasteiger partial charge is 0.338 e. The molecule has 0 heterocycles. The van der Waals surface area contributed by atoms with Gasteiger partial charge in [-0.15, -0.1) is 11.8 Å². The average Bonchev–Trinajstić information content (AvgIpc) is 2.58. The fraction of sp³-hybridized carbons (Fsp3) is 0.176. The molecule has 4 nitrogen and oxygen atoms in total. The zero-order chi connectivity index (χ0) is 15.8. The lowest BCUT2D eigenvalue weighted by Gasteiger charge is -2.08. The third kappa shape index (κ3) is 4.63. The lowest BCUT2D eigenvalue weighted by atomic mass is 10.2. The minimum Gasteiger partial charge on any atom is -0.465 e. The van der Waals surface area contributed by atoms with Crippen LogP contribution in [0.5, 0.6) is 0 Å². The zero-order valence-corrected chi connectivity index (χ0v) is 13.1. The maximum atomic E-state index is 11.9. The average molecular weight is 315 g/mol. The number of benzene rings is 2. The van der Waals surface area contributed by atoms with Crippen LogP contribution in [0.2, 0.25) is 0 Å². The molecule has 0 bridgehead atoms. The van der Waals surface area contributed by atoms with Gasteiger partial charge in [-0.25, -0.2) is 4.79 Å². The van der Waals surface area contributed by atoms with Gasteiger partial charge in [-0.2, -0.15) is 0 Å². The van der Waals surface area contributed by atoms with Gasteiger partial charge >= 0.3 is 5.97 Å². The Morgan fingerprint density at radius 3 is 2.45 bits per heavy atom. The summed E-state index contributed by atoms with van der Waals surface area (Å²) in [6, 6.07) is 16.8. The Labute approximate surface area is 133 Å². The molecule has 0 atom stereocenters. The van der Waals surface area contributed by atoms with E-state index in [-0.39, 0.29) is 11.7 Å². The van der Waals surface area contributed by atoms with Crippen LogP contribution in [0, 0.1) is 0 Å². The number of hydrogen-bond donors (Lipinski definition) is 1. The van der Waals surface area contributed by atoms with E-state index in [1.165, 1.54) is 18.9 Å². The highest BCUT2D eigenvalue weighted by Gasteiger charge is 2.12. The van der Waals surface area contributed by atoms with Crippen LogP contribution < -0.4 is 5.32 Å². The third-order valence-corrected chi connectivity index (χ3v) is 4.06. The molecule has 0 aliphatic rings. The molecule has 0 spiro atoms. The standard InChI is InChI=1S/C17H17NO3S/c1-21-17(20)14-9-5-6-10-15(14)22-12-16(19)18-11-13-7-3-2-4-8-13/h2-10H,11-12H2,1H3,(H,18,19). The second kappa shape index (κ2) is 8.24. The molecular weight excluding hydrogens is 298 g/mol. The molecular formula is C17H17NO3S. The van der Waals surface area contributed by atoms with Gasteiger partial charge in [0.05, 0.1) is 18.4 Å². The lowest BCUT2D eigenvalue weighted by Crippen LogP contribution is -2.24. The Kier molecular flexibility index (Phi) is 6.03. The molecule has 0 aliphatic carbocycles. The molecule has 2 aromatic carbocycles. The molecule has 0 saturated heterocycles. The van der Waals surface area contributed by atoms with Crippen molar-refractivity contribution in [2.24, 2.45) is 0 Å². The van der Waals surface area contributed by atoms with E-state index in [0.717, 1.165) is 10.5 Å². The maximum absolute atomic E-state index is 11.9. The second-order valence-electron chi connectivity index (χ2n) is 4.54. The summed E-state index contributed by atoms with van der Waals surface area (Å²) >= 11 is 1.32. The summed E-state index contributed by atoms with van der Waals surface area (Å²) in [5.41, 5.74) is 1.53. The number of amides is 1. The van der Waals surface area contributed by atoms with Gasteiger partial charge in [-0.3, -0.25) is 4.79 Å². The molecule has 2 rings (SSSR count). The predicted molar refractivity (Wildman–Crippen MR) is 86.8 cm³/mol. The van der Waals surface area contributed by atoms with Crippen LogP contribution in [0.1, 0.15) is 15.9 Å². The first-order valence-corrected chi connectivity index (χ1v) is 7.80. The zero-order valence-electron chi connectivity index (χ0n) is 12.2. The van der Waals surface area contributed by atoms with Crippen molar-refractivity contribution in [1.82, 2.24) is 5.32 Å². The Morgan fingerprint density at radius 1 is 1.05 bits per heavy atom. The van der Waals surface area contributed by atoms with Gasteiger partial charge in [0.15, 0.2) is 0 Å². The number of hydrogen-bond acceptors (Lipinski definition) is 4. The number of ether oxygens (including phenoxy) is 1. The van der Waals surface area contributed by atoms with Crippen LogP contribution >= 0.6 is 11.8 Å². The van der Waals surface area contributed by atoms with Crippen molar-refractivity contribution in [2.75, 3.05) is 12.9 Å². The third-order valence-electron chi connectivity index (χ3n) is 2.98. The first kappa shape index (κ1) is 16.1. The van der Waals surface area contributed by atoms with Crippen LogP contribution in [-0.4, -0.2) is 24.7 Å². The molecule has 2 aromatic rings. The van der Waals surface area contributed by atoms with Crippen LogP contribution in [-0.2, 0) is 16.1 Å². The van der Waals surface area contributed by atoms with E-state index in [1.54, 1.807) is 18.2 Å². The number of nitrogens with one attached hydrogen (secondary N) is 1. The Bertz CT molecular complexity index is 643. The van der Waals surface area contributed by atoms with Crippen molar-refractivity contribution in [2.45, 2.75) is 11.4 Å². The van der Waals surface area contributed by atoms with Crippen molar-refractivity contribution in [3.05, 3.63) is 65.7 Å². The summed E-state index contributed by atoms with van der Waals surface area (Å²) in [5.74, 6) is -0.220. The fourth-order valence-corrected chi connectivity index (χ4v) is 2.73. The van der Waals surface area contributed by atoms with E-state index in [4.69, 9.17) is 4.74 Å². The molecule has 22 heavy (non-hydrogen) atoms. The quantitative estimate of drug-likeness (QED) is 0.658. The van der Waals surface area contributed by atoms with Gasteiger partial charge in [-0.1, -0.05) is 42.5 Å². The van der Waals surface area contributed by atoms with Crippen LogP contribution in [0.15, 0.2) is 59.5 Å². The molecule has 0 unspecified atom stereocenters. The summed E-state index contributed by atoms with van der Waals surface area (Å²) < 4.78 is 4.74. The number of methoxy groups -OCH3 is 1. The molecule has 114 valence electrons. The summed E-state index contributed by atoms with van der Waals surface area (Å²) in [6.07, 6.45) is 0. The van der Waals surface area contributed by atoms with Crippen LogP contribution in [0.3, 0.4) is 0 Å². The van der Waals surface area contributed by atoms with Gasteiger partial charge in [0.25, 0.3) is 0 Å². The number of carbonyl (C=O) groups excluding carboxylic acids is 2. The highest BCUT2D eigenvalue weighted by Crippen LogP contribution is 2.23. The van der Waals surface area contributed by atoms with E-state index in [0.29, 0.717) is 12.1 Å². The number of thioether (sulfide) groups is 1. The topological polar surface area (TPSA) is 55.4 Å². The minimum atomic E-state index is -0.396. The minimum absolute atomic E-state index is 0.0754. The van der Waals surface area contributed by atoms with Gasteiger partial charge in [0, 0.05) is 11.4 Å². The van der Waals surface area contributed by atoms with E-state index < -0.39 is 5.97 Å². The molecule has 1 N–H and O–H groups in total.